The first-order valence-electron chi connectivity index (χ1n) is 11.4. The highest BCUT2D eigenvalue weighted by atomic mass is 35.5. The Morgan fingerprint density at radius 1 is 0.886 bits per heavy atom. The van der Waals surface area contributed by atoms with E-state index in [0.29, 0.717) is 6.54 Å². The summed E-state index contributed by atoms with van der Waals surface area (Å²) in [7, 11) is -4.07. The zero-order valence-corrected chi connectivity index (χ0v) is 21.5. The molecule has 0 saturated carbocycles. The molecular weight excluding hydrogens is 505 g/mol. The minimum atomic E-state index is -4.07. The molecule has 4 rings (SSSR count). The molecule has 0 bridgehead atoms. The predicted molar refractivity (Wildman–Crippen MR) is 140 cm³/mol. The average molecular weight is 532 g/mol. The second-order valence-corrected chi connectivity index (χ2v) is 11.1. The Labute approximate surface area is 216 Å². The topological polar surface area (TPSA) is 69.7 Å². The molecule has 1 saturated heterocycles. The molecule has 0 spiro atoms. The molecule has 9 heteroatoms. The fourth-order valence-electron chi connectivity index (χ4n) is 4.15. The zero-order chi connectivity index (χ0) is 24.8. The van der Waals surface area contributed by atoms with E-state index in [2.05, 4.69) is 16.3 Å². The summed E-state index contributed by atoms with van der Waals surface area (Å²) in [6.45, 7) is 2.84. The molecule has 0 unspecified atom stereocenters. The summed E-state index contributed by atoms with van der Waals surface area (Å²) in [5.74, 6) is -0.448. The van der Waals surface area contributed by atoms with Crippen LogP contribution in [-0.4, -0.2) is 38.9 Å². The highest BCUT2D eigenvalue weighted by Gasteiger charge is 2.29. The molecule has 3 aromatic rings. The standard InChI is InChI=1S/C26H27Cl2N3O3S/c27-23-13-8-14-24(26(23)28)31(35(33,34)22-11-2-1-3-12-22)19-25(32)29-17-20-9-4-5-10-21(20)18-30-15-6-7-16-30/h1-5,8-14H,6-7,15-19H2,(H,29,32). The van der Waals surface area contributed by atoms with Crippen LogP contribution in [-0.2, 0) is 27.9 Å². The fourth-order valence-corrected chi connectivity index (χ4v) is 6.05. The van der Waals surface area contributed by atoms with E-state index >= 15 is 0 Å². The molecule has 1 aliphatic rings. The van der Waals surface area contributed by atoms with Crippen molar-refractivity contribution in [2.45, 2.75) is 30.8 Å². The van der Waals surface area contributed by atoms with Gasteiger partial charge < -0.3 is 5.32 Å². The Kier molecular flexibility index (Phi) is 8.34. The number of anilines is 1. The van der Waals surface area contributed by atoms with Gasteiger partial charge in [-0.25, -0.2) is 8.42 Å². The van der Waals surface area contributed by atoms with Crippen LogP contribution in [0, 0.1) is 0 Å². The number of carbonyl (C=O) groups excluding carboxylic acids is 1. The van der Waals surface area contributed by atoms with Crippen LogP contribution >= 0.6 is 23.2 Å². The third-order valence-corrected chi connectivity index (χ3v) is 8.59. The van der Waals surface area contributed by atoms with E-state index < -0.39 is 22.5 Å². The van der Waals surface area contributed by atoms with Crippen molar-refractivity contribution in [1.82, 2.24) is 10.2 Å². The number of amides is 1. The molecule has 6 nitrogen and oxygen atoms in total. The zero-order valence-electron chi connectivity index (χ0n) is 19.2. The number of nitrogens with zero attached hydrogens (tertiary/aromatic N) is 2. The number of rotatable bonds is 9. The summed E-state index contributed by atoms with van der Waals surface area (Å²) in [4.78, 5) is 15.5. The van der Waals surface area contributed by atoms with Gasteiger partial charge in [0.25, 0.3) is 10.0 Å². The molecular formula is C26H27Cl2N3O3S. The Balaban J connectivity index is 1.54. The number of nitrogens with one attached hydrogen (secondary N) is 1. The Morgan fingerprint density at radius 2 is 1.54 bits per heavy atom. The van der Waals surface area contributed by atoms with Gasteiger partial charge >= 0.3 is 0 Å². The number of sulfonamides is 1. The lowest BCUT2D eigenvalue weighted by molar-refractivity contribution is -0.119. The van der Waals surface area contributed by atoms with E-state index in [1.165, 1.54) is 31.0 Å². The van der Waals surface area contributed by atoms with Gasteiger partial charge in [-0.05, 0) is 61.3 Å². The van der Waals surface area contributed by atoms with Crippen molar-refractivity contribution in [2.75, 3.05) is 23.9 Å². The molecule has 1 N–H and O–H groups in total. The molecule has 1 heterocycles. The molecule has 184 valence electrons. The van der Waals surface area contributed by atoms with Crippen molar-refractivity contribution in [3.8, 4) is 0 Å². The van der Waals surface area contributed by atoms with Crippen molar-refractivity contribution in [1.29, 1.82) is 0 Å². The molecule has 1 aliphatic heterocycles. The van der Waals surface area contributed by atoms with Crippen molar-refractivity contribution >= 4 is 44.8 Å². The van der Waals surface area contributed by atoms with Gasteiger partial charge in [-0.3, -0.25) is 14.0 Å². The third-order valence-electron chi connectivity index (χ3n) is 6.01. The molecule has 0 aliphatic carbocycles. The van der Waals surface area contributed by atoms with E-state index in [-0.39, 0.29) is 20.6 Å². The van der Waals surface area contributed by atoms with Crippen LogP contribution < -0.4 is 9.62 Å². The van der Waals surface area contributed by atoms with Gasteiger partial charge in [0.2, 0.25) is 5.91 Å². The molecule has 3 aromatic carbocycles. The van der Waals surface area contributed by atoms with Crippen molar-refractivity contribution in [3.05, 3.63) is 94.0 Å². The predicted octanol–water partition coefficient (Wildman–Crippen LogP) is 5.10. The lowest BCUT2D eigenvalue weighted by atomic mass is 10.1. The van der Waals surface area contributed by atoms with Crippen LogP contribution in [0.4, 0.5) is 5.69 Å². The SMILES string of the molecule is O=C(CN(c1cccc(Cl)c1Cl)S(=O)(=O)c1ccccc1)NCc1ccccc1CN1CCCC1. The number of halogens is 2. The Bertz CT molecular complexity index is 1280. The Morgan fingerprint density at radius 3 is 2.26 bits per heavy atom. The summed E-state index contributed by atoms with van der Waals surface area (Å²) >= 11 is 12.5. The van der Waals surface area contributed by atoms with Crippen molar-refractivity contribution < 1.29 is 13.2 Å². The van der Waals surface area contributed by atoms with Crippen LogP contribution in [0.25, 0.3) is 0 Å². The van der Waals surface area contributed by atoms with Crippen molar-refractivity contribution in [3.63, 3.8) is 0 Å². The molecule has 1 amide bonds. The number of likely N-dealkylation sites (tertiary alicyclic amines) is 1. The van der Waals surface area contributed by atoms with Gasteiger partial charge in [0, 0.05) is 13.1 Å². The van der Waals surface area contributed by atoms with Crippen LogP contribution in [0.2, 0.25) is 10.0 Å². The lowest BCUT2D eigenvalue weighted by Crippen LogP contribution is -2.41. The molecule has 0 aromatic heterocycles. The van der Waals surface area contributed by atoms with Crippen LogP contribution in [0.3, 0.4) is 0 Å². The van der Waals surface area contributed by atoms with E-state index in [1.54, 1.807) is 30.3 Å². The fraction of sp³-hybridized carbons (Fsp3) is 0.269. The van der Waals surface area contributed by atoms with Crippen LogP contribution in [0.5, 0.6) is 0 Å². The minimum Gasteiger partial charge on any atom is -0.350 e. The van der Waals surface area contributed by atoms with E-state index in [0.717, 1.165) is 35.1 Å². The minimum absolute atomic E-state index is 0.0554. The maximum absolute atomic E-state index is 13.5. The lowest BCUT2D eigenvalue weighted by Gasteiger charge is -2.25. The summed E-state index contributed by atoms with van der Waals surface area (Å²) in [5, 5.41) is 3.15. The third kappa shape index (κ3) is 6.16. The Hall–Kier alpha value is -2.58. The van der Waals surface area contributed by atoms with E-state index in [4.69, 9.17) is 23.2 Å². The first kappa shape index (κ1) is 25.5. The first-order valence-corrected chi connectivity index (χ1v) is 13.6. The second-order valence-electron chi connectivity index (χ2n) is 8.43. The highest BCUT2D eigenvalue weighted by molar-refractivity contribution is 7.92. The van der Waals surface area contributed by atoms with Gasteiger partial charge in [-0.15, -0.1) is 0 Å². The number of benzene rings is 3. The van der Waals surface area contributed by atoms with Gasteiger partial charge in [0.05, 0.1) is 20.6 Å². The van der Waals surface area contributed by atoms with E-state index in [1.807, 2.05) is 18.2 Å². The highest BCUT2D eigenvalue weighted by Crippen LogP contribution is 2.35. The second kappa shape index (κ2) is 11.4. The maximum atomic E-state index is 13.5. The normalized spacial score (nSPS) is 14.1. The summed E-state index contributed by atoms with van der Waals surface area (Å²) in [5.41, 5.74) is 2.31. The monoisotopic (exact) mass is 531 g/mol. The van der Waals surface area contributed by atoms with Crippen LogP contribution in [0.15, 0.2) is 77.7 Å². The smallest absolute Gasteiger partial charge is 0.264 e. The molecule has 0 radical (unpaired) electrons. The largest absolute Gasteiger partial charge is 0.350 e. The molecule has 0 atom stereocenters. The van der Waals surface area contributed by atoms with Gasteiger partial charge in [-0.1, -0.05) is 71.7 Å². The number of hydrogen-bond acceptors (Lipinski definition) is 4. The quantitative estimate of drug-likeness (QED) is 0.417. The van der Waals surface area contributed by atoms with Gasteiger partial charge in [0.1, 0.15) is 6.54 Å². The average Bonchev–Trinajstić information content (AvgIpc) is 3.37. The van der Waals surface area contributed by atoms with E-state index in [9.17, 15) is 13.2 Å². The van der Waals surface area contributed by atoms with Gasteiger partial charge in [0.15, 0.2) is 0 Å². The maximum Gasteiger partial charge on any atom is 0.264 e. The summed E-state index contributed by atoms with van der Waals surface area (Å²) in [6, 6.07) is 20.6. The summed E-state index contributed by atoms with van der Waals surface area (Å²) in [6.07, 6.45) is 2.41. The van der Waals surface area contributed by atoms with Crippen LogP contribution in [0.1, 0.15) is 24.0 Å². The summed E-state index contributed by atoms with van der Waals surface area (Å²) < 4.78 is 28.0. The van der Waals surface area contributed by atoms with Crippen molar-refractivity contribution in [2.24, 2.45) is 0 Å². The molecule has 1 fully saturated rings. The first-order chi connectivity index (χ1) is 16.9. The molecule has 35 heavy (non-hydrogen) atoms. The number of carbonyl (C=O) groups is 1. The van der Waals surface area contributed by atoms with Gasteiger partial charge in [-0.2, -0.15) is 0 Å². The number of hydrogen-bond donors (Lipinski definition) is 1.